The number of carbonyl (C=O) groups excluding carboxylic acids is 1. The SMILES string of the molecule is C/C(=C\C(=N)C(F)(F)F)C(=O)N(CCC1CCOC1)Cc1ccccc1Cl. The fraction of sp³-hybridized carbons (Fsp3) is 0.474. The maximum atomic E-state index is 12.7. The fourth-order valence-electron chi connectivity index (χ4n) is 2.84. The minimum absolute atomic E-state index is 0.132. The van der Waals surface area contributed by atoms with E-state index >= 15 is 0 Å². The molecule has 0 bridgehead atoms. The number of ether oxygens (including phenoxy) is 1. The fourth-order valence-corrected chi connectivity index (χ4v) is 3.04. The lowest BCUT2D eigenvalue weighted by molar-refractivity contribution is -0.127. The predicted molar refractivity (Wildman–Crippen MR) is 98.0 cm³/mol. The highest BCUT2D eigenvalue weighted by Gasteiger charge is 2.33. The van der Waals surface area contributed by atoms with Crippen LogP contribution in [0.2, 0.25) is 5.02 Å². The zero-order chi connectivity index (χ0) is 20.0. The summed E-state index contributed by atoms with van der Waals surface area (Å²) < 4.78 is 43.1. The van der Waals surface area contributed by atoms with Gasteiger partial charge in [0.1, 0.15) is 5.71 Å². The number of allylic oxidation sites excluding steroid dienone is 1. The first-order valence-corrected chi connectivity index (χ1v) is 9.00. The summed E-state index contributed by atoms with van der Waals surface area (Å²) in [5, 5.41) is 7.58. The van der Waals surface area contributed by atoms with E-state index in [9.17, 15) is 18.0 Å². The Balaban J connectivity index is 2.16. The van der Waals surface area contributed by atoms with Gasteiger partial charge in [-0.15, -0.1) is 0 Å². The van der Waals surface area contributed by atoms with Gasteiger partial charge in [-0.05, 0) is 43.4 Å². The number of amides is 1. The van der Waals surface area contributed by atoms with E-state index in [1.807, 2.05) is 0 Å². The first kappa shape index (κ1) is 21.4. The Morgan fingerprint density at radius 3 is 2.70 bits per heavy atom. The van der Waals surface area contributed by atoms with Crippen LogP contribution in [0.4, 0.5) is 13.2 Å². The minimum atomic E-state index is -4.78. The molecule has 0 radical (unpaired) electrons. The largest absolute Gasteiger partial charge is 0.432 e. The number of hydrogen-bond acceptors (Lipinski definition) is 3. The van der Waals surface area contributed by atoms with E-state index in [2.05, 4.69) is 0 Å². The summed E-state index contributed by atoms with van der Waals surface area (Å²) in [5.41, 5.74) is -0.962. The maximum Gasteiger partial charge on any atom is 0.432 e. The molecule has 1 fully saturated rings. The Morgan fingerprint density at radius 2 is 2.11 bits per heavy atom. The van der Waals surface area contributed by atoms with E-state index in [4.69, 9.17) is 21.7 Å². The van der Waals surface area contributed by atoms with Crippen LogP contribution in [0.5, 0.6) is 0 Å². The number of halogens is 4. The summed E-state index contributed by atoms with van der Waals surface area (Å²) in [6, 6.07) is 7.03. The molecule has 1 aliphatic heterocycles. The quantitative estimate of drug-likeness (QED) is 0.534. The molecule has 1 aliphatic rings. The summed E-state index contributed by atoms with van der Waals surface area (Å²) in [6.45, 7) is 3.17. The van der Waals surface area contributed by atoms with Crippen molar-refractivity contribution in [2.75, 3.05) is 19.8 Å². The van der Waals surface area contributed by atoms with Crippen LogP contribution in [-0.4, -0.2) is 42.5 Å². The summed E-state index contributed by atoms with van der Waals surface area (Å²) in [5.74, 6) is -0.216. The van der Waals surface area contributed by atoms with E-state index in [1.165, 1.54) is 11.8 Å². The molecule has 2 rings (SSSR count). The zero-order valence-electron chi connectivity index (χ0n) is 15.0. The van der Waals surface area contributed by atoms with Crippen LogP contribution in [0, 0.1) is 11.3 Å². The summed E-state index contributed by atoms with van der Waals surface area (Å²) in [7, 11) is 0. The molecule has 0 aliphatic carbocycles. The molecule has 0 spiro atoms. The molecule has 1 aromatic rings. The molecule has 0 aromatic heterocycles. The first-order valence-electron chi connectivity index (χ1n) is 8.63. The highest BCUT2D eigenvalue weighted by molar-refractivity contribution is 6.31. The number of rotatable bonds is 7. The number of alkyl halides is 3. The molecule has 4 nitrogen and oxygen atoms in total. The smallest absolute Gasteiger partial charge is 0.381 e. The average molecular weight is 403 g/mol. The summed E-state index contributed by atoms with van der Waals surface area (Å²) >= 11 is 6.17. The molecular formula is C19H22ClF3N2O2. The number of carbonyl (C=O) groups is 1. The van der Waals surface area contributed by atoms with E-state index in [0.29, 0.717) is 48.8 Å². The third-order valence-electron chi connectivity index (χ3n) is 4.44. The standard InChI is InChI=1S/C19H22ClF3N2O2/c1-13(10-17(24)19(21,22)23)18(26)25(8-6-14-7-9-27-12-14)11-15-4-2-3-5-16(15)20/h2-5,10,14,24H,6-9,11-12H2,1H3/b13-10+,24-17?. The summed E-state index contributed by atoms with van der Waals surface area (Å²) in [6.07, 6.45) is -2.61. The first-order chi connectivity index (χ1) is 12.7. The van der Waals surface area contributed by atoms with Crippen molar-refractivity contribution in [3.8, 4) is 0 Å². The second-order valence-electron chi connectivity index (χ2n) is 6.58. The van der Waals surface area contributed by atoms with E-state index < -0.39 is 17.8 Å². The van der Waals surface area contributed by atoms with Crippen molar-refractivity contribution in [2.45, 2.75) is 32.5 Å². The van der Waals surface area contributed by atoms with Crippen molar-refractivity contribution in [1.29, 1.82) is 5.41 Å². The molecule has 0 saturated carbocycles. The lowest BCUT2D eigenvalue weighted by Gasteiger charge is -2.25. The van der Waals surface area contributed by atoms with Crippen LogP contribution in [-0.2, 0) is 16.1 Å². The Kier molecular flexibility index (Phi) is 7.44. The van der Waals surface area contributed by atoms with Gasteiger partial charge in [-0.1, -0.05) is 29.8 Å². The van der Waals surface area contributed by atoms with Crippen molar-refractivity contribution in [3.63, 3.8) is 0 Å². The van der Waals surface area contributed by atoms with Gasteiger partial charge in [-0.3, -0.25) is 10.2 Å². The topological polar surface area (TPSA) is 53.4 Å². The summed E-state index contributed by atoms with van der Waals surface area (Å²) in [4.78, 5) is 14.2. The highest BCUT2D eigenvalue weighted by Crippen LogP contribution is 2.22. The lowest BCUT2D eigenvalue weighted by Crippen LogP contribution is -2.34. The molecule has 1 N–H and O–H groups in total. The van der Waals surface area contributed by atoms with Gasteiger partial charge < -0.3 is 9.64 Å². The Labute approximate surface area is 161 Å². The predicted octanol–water partition coefficient (Wildman–Crippen LogP) is 4.62. The van der Waals surface area contributed by atoms with Crippen LogP contribution < -0.4 is 0 Å². The van der Waals surface area contributed by atoms with Gasteiger partial charge in [0.25, 0.3) is 0 Å². The third-order valence-corrected chi connectivity index (χ3v) is 4.81. The Hall–Kier alpha value is -1.86. The third kappa shape index (κ3) is 6.36. The van der Waals surface area contributed by atoms with Crippen molar-refractivity contribution >= 4 is 23.2 Å². The average Bonchev–Trinajstić information content (AvgIpc) is 3.12. The maximum absolute atomic E-state index is 12.7. The van der Waals surface area contributed by atoms with Crippen LogP contribution >= 0.6 is 11.6 Å². The van der Waals surface area contributed by atoms with Crippen molar-refractivity contribution in [1.82, 2.24) is 4.90 Å². The van der Waals surface area contributed by atoms with Crippen molar-refractivity contribution < 1.29 is 22.7 Å². The monoisotopic (exact) mass is 402 g/mol. The molecule has 148 valence electrons. The number of nitrogens with one attached hydrogen (secondary N) is 1. The van der Waals surface area contributed by atoms with Gasteiger partial charge >= 0.3 is 6.18 Å². The van der Waals surface area contributed by atoms with E-state index in [1.54, 1.807) is 24.3 Å². The molecule has 1 heterocycles. The Bertz CT molecular complexity index is 713. The van der Waals surface area contributed by atoms with Gasteiger partial charge in [0.2, 0.25) is 5.91 Å². The zero-order valence-corrected chi connectivity index (χ0v) is 15.7. The van der Waals surface area contributed by atoms with Gasteiger partial charge in [-0.25, -0.2) is 0 Å². The van der Waals surface area contributed by atoms with Crippen LogP contribution in [0.25, 0.3) is 0 Å². The van der Waals surface area contributed by atoms with Crippen LogP contribution in [0.1, 0.15) is 25.3 Å². The molecule has 1 amide bonds. The second kappa shape index (κ2) is 9.37. The Morgan fingerprint density at radius 1 is 1.41 bits per heavy atom. The highest BCUT2D eigenvalue weighted by atomic mass is 35.5. The molecule has 1 aromatic carbocycles. The van der Waals surface area contributed by atoms with Crippen LogP contribution in [0.15, 0.2) is 35.9 Å². The van der Waals surface area contributed by atoms with Crippen molar-refractivity contribution in [3.05, 3.63) is 46.5 Å². The normalized spacial score (nSPS) is 17.8. The molecular weight excluding hydrogens is 381 g/mol. The van der Waals surface area contributed by atoms with Gasteiger partial charge in [-0.2, -0.15) is 13.2 Å². The van der Waals surface area contributed by atoms with Gasteiger partial charge in [0.05, 0.1) is 0 Å². The molecule has 1 unspecified atom stereocenters. The molecule has 1 saturated heterocycles. The molecule has 8 heteroatoms. The number of nitrogens with zero attached hydrogens (tertiary/aromatic N) is 1. The molecule has 27 heavy (non-hydrogen) atoms. The molecule has 1 atom stereocenters. The second-order valence-corrected chi connectivity index (χ2v) is 6.98. The number of benzene rings is 1. The lowest BCUT2D eigenvalue weighted by atomic mass is 10.0. The van der Waals surface area contributed by atoms with Gasteiger partial charge in [0, 0.05) is 36.9 Å². The van der Waals surface area contributed by atoms with E-state index in [-0.39, 0.29) is 12.1 Å². The van der Waals surface area contributed by atoms with Crippen LogP contribution in [0.3, 0.4) is 0 Å². The minimum Gasteiger partial charge on any atom is -0.381 e. The van der Waals surface area contributed by atoms with Gasteiger partial charge in [0.15, 0.2) is 0 Å². The van der Waals surface area contributed by atoms with Crippen molar-refractivity contribution in [2.24, 2.45) is 5.92 Å². The number of hydrogen-bond donors (Lipinski definition) is 1. The van der Waals surface area contributed by atoms with E-state index in [0.717, 1.165) is 6.42 Å².